The van der Waals surface area contributed by atoms with E-state index in [1.54, 1.807) is 0 Å². The molecule has 2 rings (SSSR count). The van der Waals surface area contributed by atoms with Crippen LogP contribution in [0.3, 0.4) is 0 Å². The van der Waals surface area contributed by atoms with Crippen molar-refractivity contribution < 1.29 is 0 Å². The summed E-state index contributed by atoms with van der Waals surface area (Å²) >= 11 is 0. The molecule has 2 N–H and O–H groups in total. The summed E-state index contributed by atoms with van der Waals surface area (Å²) in [6, 6.07) is 0. The van der Waals surface area contributed by atoms with Gasteiger partial charge in [0.2, 0.25) is 0 Å². The van der Waals surface area contributed by atoms with Gasteiger partial charge in [0.25, 0.3) is 0 Å². The van der Waals surface area contributed by atoms with Gasteiger partial charge < -0.3 is 15.5 Å². The average Bonchev–Trinajstić information content (AvgIpc) is 2.45. The van der Waals surface area contributed by atoms with E-state index in [4.69, 9.17) is 0 Å². The number of rotatable bonds is 5. The highest BCUT2D eigenvalue weighted by atomic mass is 15.1. The normalized spacial score (nSPS) is 18.5. The van der Waals surface area contributed by atoms with Crippen molar-refractivity contribution in [1.29, 1.82) is 0 Å². The molecule has 21 heavy (non-hydrogen) atoms. The molecule has 1 aromatic rings. The van der Waals surface area contributed by atoms with Gasteiger partial charge in [0.05, 0.1) is 0 Å². The van der Waals surface area contributed by atoms with Gasteiger partial charge in [-0.3, -0.25) is 0 Å². The molecule has 0 amide bonds. The number of hydrogen-bond acceptors (Lipinski definition) is 5. The van der Waals surface area contributed by atoms with Gasteiger partial charge in [0, 0.05) is 18.7 Å². The van der Waals surface area contributed by atoms with Gasteiger partial charge in [0.1, 0.15) is 17.5 Å². The van der Waals surface area contributed by atoms with Crippen LogP contribution in [0.2, 0.25) is 0 Å². The second kappa shape index (κ2) is 6.60. The lowest BCUT2D eigenvalue weighted by molar-refractivity contribution is 0.150. The molecule has 0 saturated carbocycles. The Labute approximate surface area is 128 Å². The molecule has 5 heteroatoms. The van der Waals surface area contributed by atoms with Crippen LogP contribution >= 0.6 is 0 Å². The zero-order valence-corrected chi connectivity index (χ0v) is 14.1. The minimum Gasteiger partial charge on any atom is -0.370 e. The highest BCUT2D eigenvalue weighted by molar-refractivity contribution is 5.57. The Hall–Kier alpha value is -1.36. The number of aryl methyl sites for hydroxylation is 1. The quantitative estimate of drug-likeness (QED) is 0.873. The Morgan fingerprint density at radius 2 is 1.67 bits per heavy atom. The molecule has 1 aliphatic rings. The van der Waals surface area contributed by atoms with Gasteiger partial charge >= 0.3 is 0 Å². The second-order valence-electron chi connectivity index (χ2n) is 6.59. The fourth-order valence-corrected chi connectivity index (χ4v) is 2.77. The van der Waals surface area contributed by atoms with Crippen LogP contribution in [-0.4, -0.2) is 48.1 Å². The first-order valence-electron chi connectivity index (χ1n) is 7.95. The lowest BCUT2D eigenvalue weighted by Crippen LogP contribution is -2.40. The Kier molecular flexibility index (Phi) is 5.04. The molecule has 2 heterocycles. The lowest BCUT2D eigenvalue weighted by Gasteiger charge is -2.38. The Bertz CT molecular complexity index is 478. The minimum atomic E-state index is 0.357. The van der Waals surface area contributed by atoms with Gasteiger partial charge in [-0.2, -0.15) is 0 Å². The summed E-state index contributed by atoms with van der Waals surface area (Å²) in [4.78, 5) is 11.5. The molecule has 0 aliphatic carbocycles. The zero-order valence-electron chi connectivity index (χ0n) is 14.1. The number of likely N-dealkylation sites (tertiary alicyclic amines) is 1. The third-order valence-corrected chi connectivity index (χ3v) is 4.48. The summed E-state index contributed by atoms with van der Waals surface area (Å²) in [7, 11) is 2.20. The van der Waals surface area contributed by atoms with Crippen LogP contribution in [0.15, 0.2) is 0 Å². The van der Waals surface area contributed by atoms with E-state index in [0.717, 1.165) is 36.1 Å². The fraction of sp³-hybridized carbons (Fsp3) is 0.750. The number of hydrogen-bond donors (Lipinski definition) is 2. The molecule has 118 valence electrons. The van der Waals surface area contributed by atoms with E-state index in [9.17, 15) is 0 Å². The number of piperidine rings is 1. The van der Waals surface area contributed by atoms with Crippen molar-refractivity contribution in [2.75, 3.05) is 43.9 Å². The van der Waals surface area contributed by atoms with Crippen molar-refractivity contribution in [3.8, 4) is 0 Å². The zero-order chi connectivity index (χ0) is 15.5. The Morgan fingerprint density at radius 1 is 1.10 bits per heavy atom. The van der Waals surface area contributed by atoms with Crippen molar-refractivity contribution in [3.05, 3.63) is 11.4 Å². The van der Waals surface area contributed by atoms with Crippen LogP contribution in [0, 0.1) is 19.3 Å². The summed E-state index contributed by atoms with van der Waals surface area (Å²) in [5.74, 6) is 2.73. The van der Waals surface area contributed by atoms with Crippen molar-refractivity contribution in [2.24, 2.45) is 5.41 Å². The SMILES string of the molecule is CCNc1nc(C)nc(NCC2(C)CCN(C)CC2)c1C. The van der Waals surface area contributed by atoms with Crippen LogP contribution in [-0.2, 0) is 0 Å². The van der Waals surface area contributed by atoms with Gasteiger partial charge in [-0.25, -0.2) is 9.97 Å². The molecule has 0 spiro atoms. The average molecular weight is 291 g/mol. The van der Waals surface area contributed by atoms with Crippen molar-refractivity contribution in [2.45, 2.75) is 40.5 Å². The molecule has 1 aliphatic heterocycles. The third-order valence-electron chi connectivity index (χ3n) is 4.48. The predicted octanol–water partition coefficient (Wildman–Crippen LogP) is 2.67. The van der Waals surface area contributed by atoms with Crippen LogP contribution in [0.4, 0.5) is 11.6 Å². The molecule has 0 radical (unpaired) electrons. The van der Waals surface area contributed by atoms with Crippen molar-refractivity contribution in [3.63, 3.8) is 0 Å². The first-order valence-corrected chi connectivity index (χ1v) is 7.95. The van der Waals surface area contributed by atoms with Gasteiger partial charge in [-0.15, -0.1) is 0 Å². The molecule has 1 fully saturated rings. The molecular formula is C16H29N5. The van der Waals surface area contributed by atoms with Crippen molar-refractivity contribution >= 4 is 11.6 Å². The number of anilines is 2. The monoisotopic (exact) mass is 291 g/mol. The molecule has 1 aromatic heterocycles. The van der Waals surface area contributed by atoms with Crippen LogP contribution in [0.1, 0.15) is 38.1 Å². The van der Waals surface area contributed by atoms with Gasteiger partial charge in [-0.1, -0.05) is 6.92 Å². The summed E-state index contributed by atoms with van der Waals surface area (Å²) in [5.41, 5.74) is 1.47. The molecule has 0 atom stereocenters. The van der Waals surface area contributed by atoms with E-state index in [0.29, 0.717) is 5.41 Å². The summed E-state index contributed by atoms with van der Waals surface area (Å²) < 4.78 is 0. The maximum absolute atomic E-state index is 4.57. The molecule has 0 bridgehead atoms. The highest BCUT2D eigenvalue weighted by Crippen LogP contribution is 2.31. The summed E-state index contributed by atoms with van der Waals surface area (Å²) in [6.45, 7) is 12.7. The fourth-order valence-electron chi connectivity index (χ4n) is 2.77. The van der Waals surface area contributed by atoms with Crippen LogP contribution in [0.5, 0.6) is 0 Å². The van der Waals surface area contributed by atoms with Crippen molar-refractivity contribution in [1.82, 2.24) is 14.9 Å². The van der Waals surface area contributed by atoms with Gasteiger partial charge in [0.15, 0.2) is 0 Å². The second-order valence-corrected chi connectivity index (χ2v) is 6.59. The van der Waals surface area contributed by atoms with E-state index >= 15 is 0 Å². The Balaban J connectivity index is 2.06. The number of nitrogens with one attached hydrogen (secondary N) is 2. The van der Waals surface area contributed by atoms with Gasteiger partial charge in [-0.05, 0) is 59.2 Å². The third kappa shape index (κ3) is 4.06. The van der Waals surface area contributed by atoms with Crippen LogP contribution < -0.4 is 10.6 Å². The number of nitrogens with zero attached hydrogens (tertiary/aromatic N) is 3. The molecule has 5 nitrogen and oxygen atoms in total. The largest absolute Gasteiger partial charge is 0.370 e. The van der Waals surface area contributed by atoms with E-state index in [2.05, 4.69) is 53.3 Å². The van der Waals surface area contributed by atoms with Crippen LogP contribution in [0.25, 0.3) is 0 Å². The van der Waals surface area contributed by atoms with E-state index in [1.807, 2.05) is 6.92 Å². The summed E-state index contributed by atoms with van der Waals surface area (Å²) in [6.07, 6.45) is 2.47. The number of aromatic nitrogens is 2. The van der Waals surface area contributed by atoms with E-state index < -0.39 is 0 Å². The standard InChI is InChI=1S/C16H29N5/c1-6-17-14-12(2)15(20-13(3)19-14)18-11-16(4)7-9-21(5)10-8-16/h6-11H2,1-5H3,(H2,17,18,19,20). The van der Waals surface area contributed by atoms with E-state index in [1.165, 1.54) is 25.9 Å². The smallest absolute Gasteiger partial charge is 0.134 e. The molecule has 0 unspecified atom stereocenters. The van der Waals surface area contributed by atoms with E-state index in [-0.39, 0.29) is 0 Å². The summed E-state index contributed by atoms with van der Waals surface area (Å²) in [5, 5.41) is 6.88. The Morgan fingerprint density at radius 3 is 2.24 bits per heavy atom. The minimum absolute atomic E-state index is 0.357. The lowest BCUT2D eigenvalue weighted by atomic mass is 9.80. The molecular weight excluding hydrogens is 262 g/mol. The molecule has 1 saturated heterocycles. The molecule has 0 aromatic carbocycles. The first-order chi connectivity index (χ1) is 9.93. The highest BCUT2D eigenvalue weighted by Gasteiger charge is 2.28. The topological polar surface area (TPSA) is 53.1 Å². The maximum Gasteiger partial charge on any atom is 0.134 e. The predicted molar refractivity (Wildman–Crippen MR) is 89.0 cm³/mol. The maximum atomic E-state index is 4.57. The first kappa shape index (κ1) is 16.0.